The highest BCUT2D eigenvalue weighted by Crippen LogP contribution is 2.43. The first kappa shape index (κ1) is 14.0. The molecule has 0 radical (unpaired) electrons. The van der Waals surface area contributed by atoms with Crippen LogP contribution < -0.4 is 5.32 Å². The number of amides is 1. The third kappa shape index (κ3) is 3.76. The molecule has 0 spiro atoms. The Balaban J connectivity index is 1.81. The average Bonchev–Trinajstić information content (AvgIpc) is 2.67. The lowest BCUT2D eigenvalue weighted by Crippen LogP contribution is -2.43. The van der Waals surface area contributed by atoms with Gasteiger partial charge in [-0.05, 0) is 25.2 Å². The molecule has 5 nitrogen and oxygen atoms in total. The van der Waals surface area contributed by atoms with Crippen LogP contribution in [-0.2, 0) is 16.0 Å². The zero-order valence-electron chi connectivity index (χ0n) is 10.9. The van der Waals surface area contributed by atoms with Crippen LogP contribution in [0.3, 0.4) is 0 Å². The van der Waals surface area contributed by atoms with E-state index in [1.807, 2.05) is 12.3 Å². The molecule has 19 heavy (non-hydrogen) atoms. The number of hydrogen-bond donors (Lipinski definition) is 2. The van der Waals surface area contributed by atoms with Gasteiger partial charge in [0.05, 0.1) is 23.5 Å². The van der Waals surface area contributed by atoms with Crippen LogP contribution in [0.1, 0.15) is 36.4 Å². The number of carbonyl (C=O) groups excluding carboxylic acids is 1. The van der Waals surface area contributed by atoms with Crippen molar-refractivity contribution in [2.75, 3.05) is 6.54 Å². The Hall–Kier alpha value is -1.43. The third-order valence-corrected chi connectivity index (χ3v) is 4.43. The quantitative estimate of drug-likeness (QED) is 0.833. The lowest BCUT2D eigenvalue weighted by molar-refractivity contribution is -0.141. The Kier molecular flexibility index (Phi) is 4.19. The number of aromatic nitrogens is 1. The molecule has 2 N–H and O–H groups in total. The fourth-order valence-electron chi connectivity index (χ4n) is 2.42. The summed E-state index contributed by atoms with van der Waals surface area (Å²) >= 11 is 1.53. The van der Waals surface area contributed by atoms with Gasteiger partial charge in [-0.2, -0.15) is 0 Å². The number of carboxylic acid groups (broad SMARTS) is 1. The van der Waals surface area contributed by atoms with E-state index in [4.69, 9.17) is 5.11 Å². The van der Waals surface area contributed by atoms with Crippen LogP contribution in [0.25, 0.3) is 0 Å². The number of rotatable bonds is 6. The third-order valence-electron chi connectivity index (χ3n) is 3.61. The lowest BCUT2D eigenvalue weighted by Gasteiger charge is -2.40. The van der Waals surface area contributed by atoms with Crippen LogP contribution in [-0.4, -0.2) is 28.5 Å². The largest absolute Gasteiger partial charge is 0.481 e. The Morgan fingerprint density at radius 2 is 2.26 bits per heavy atom. The van der Waals surface area contributed by atoms with E-state index in [-0.39, 0.29) is 24.2 Å². The zero-order valence-corrected chi connectivity index (χ0v) is 11.8. The lowest BCUT2D eigenvalue weighted by atomic mass is 9.66. The Morgan fingerprint density at radius 3 is 2.74 bits per heavy atom. The van der Waals surface area contributed by atoms with Crippen molar-refractivity contribution >= 4 is 23.2 Å². The van der Waals surface area contributed by atoms with E-state index >= 15 is 0 Å². The van der Waals surface area contributed by atoms with Gasteiger partial charge in [0.1, 0.15) is 0 Å². The molecule has 1 saturated carbocycles. The fraction of sp³-hybridized carbons (Fsp3) is 0.615. The van der Waals surface area contributed by atoms with Gasteiger partial charge in [0, 0.05) is 11.9 Å². The second-order valence-electron chi connectivity index (χ2n) is 5.24. The molecule has 0 unspecified atom stereocenters. The van der Waals surface area contributed by atoms with Crippen molar-refractivity contribution in [2.24, 2.45) is 5.41 Å². The molecular weight excluding hydrogens is 264 g/mol. The molecule has 0 aliphatic heterocycles. The van der Waals surface area contributed by atoms with Gasteiger partial charge in [0.2, 0.25) is 5.91 Å². The molecule has 6 heteroatoms. The Morgan fingerprint density at radius 1 is 1.53 bits per heavy atom. The molecule has 104 valence electrons. The number of aryl methyl sites for hydroxylation is 1. The van der Waals surface area contributed by atoms with Gasteiger partial charge in [-0.15, -0.1) is 11.3 Å². The molecule has 1 aliphatic carbocycles. The summed E-state index contributed by atoms with van der Waals surface area (Å²) in [5.74, 6) is -0.869. The van der Waals surface area contributed by atoms with Gasteiger partial charge in [-0.3, -0.25) is 9.59 Å². The molecule has 1 aromatic rings. The first-order valence-corrected chi connectivity index (χ1v) is 7.27. The summed E-state index contributed by atoms with van der Waals surface area (Å²) in [4.78, 5) is 26.9. The summed E-state index contributed by atoms with van der Waals surface area (Å²) in [6, 6.07) is 0. The van der Waals surface area contributed by atoms with E-state index in [0.29, 0.717) is 6.54 Å². The number of carbonyl (C=O) groups is 2. The summed E-state index contributed by atoms with van der Waals surface area (Å²) in [5, 5.41) is 14.6. The van der Waals surface area contributed by atoms with Crippen LogP contribution in [0.4, 0.5) is 0 Å². The predicted octanol–water partition coefficient (Wildman–Crippen LogP) is 1.76. The number of hydrogen-bond acceptors (Lipinski definition) is 4. The summed E-state index contributed by atoms with van der Waals surface area (Å²) in [7, 11) is 0. The molecule has 0 atom stereocenters. The van der Waals surface area contributed by atoms with Gasteiger partial charge in [0.25, 0.3) is 0 Å². The molecule has 2 rings (SSSR count). The van der Waals surface area contributed by atoms with Gasteiger partial charge in [0.15, 0.2) is 0 Å². The van der Waals surface area contributed by atoms with Gasteiger partial charge < -0.3 is 10.4 Å². The minimum Gasteiger partial charge on any atom is -0.481 e. The Labute approximate surface area is 116 Å². The molecular formula is C13H18N2O3S. The smallest absolute Gasteiger partial charge is 0.303 e. The van der Waals surface area contributed by atoms with Gasteiger partial charge in [-0.25, -0.2) is 4.98 Å². The number of thiazole rings is 1. The van der Waals surface area contributed by atoms with Crippen LogP contribution in [0, 0.1) is 12.3 Å². The molecule has 1 amide bonds. The van der Waals surface area contributed by atoms with Gasteiger partial charge >= 0.3 is 5.97 Å². The van der Waals surface area contributed by atoms with Crippen molar-refractivity contribution in [2.45, 2.75) is 39.0 Å². The zero-order chi connectivity index (χ0) is 13.9. The Bertz CT molecular complexity index is 480. The maximum atomic E-state index is 11.8. The van der Waals surface area contributed by atoms with Crippen molar-refractivity contribution in [3.8, 4) is 0 Å². The molecule has 0 aromatic carbocycles. The first-order chi connectivity index (χ1) is 8.99. The van der Waals surface area contributed by atoms with E-state index in [9.17, 15) is 9.59 Å². The molecule has 0 saturated heterocycles. The van der Waals surface area contributed by atoms with Crippen molar-refractivity contribution < 1.29 is 14.7 Å². The molecule has 1 aromatic heterocycles. The number of nitrogens with one attached hydrogen (secondary N) is 1. The van der Waals surface area contributed by atoms with Crippen molar-refractivity contribution in [1.29, 1.82) is 0 Å². The highest BCUT2D eigenvalue weighted by atomic mass is 32.1. The summed E-state index contributed by atoms with van der Waals surface area (Å²) < 4.78 is 0. The summed E-state index contributed by atoms with van der Waals surface area (Å²) in [6.07, 6.45) is 3.23. The second-order valence-corrected chi connectivity index (χ2v) is 6.30. The topological polar surface area (TPSA) is 79.3 Å². The van der Waals surface area contributed by atoms with Crippen LogP contribution >= 0.6 is 11.3 Å². The van der Waals surface area contributed by atoms with E-state index in [1.54, 1.807) is 0 Å². The molecule has 1 fully saturated rings. The normalized spacial score (nSPS) is 16.7. The maximum absolute atomic E-state index is 11.8. The average molecular weight is 282 g/mol. The molecule has 1 aliphatic rings. The summed E-state index contributed by atoms with van der Waals surface area (Å²) in [6.45, 7) is 2.36. The number of carboxylic acids is 1. The van der Waals surface area contributed by atoms with E-state index in [1.165, 1.54) is 11.3 Å². The van der Waals surface area contributed by atoms with E-state index < -0.39 is 5.97 Å². The maximum Gasteiger partial charge on any atom is 0.303 e. The monoisotopic (exact) mass is 282 g/mol. The van der Waals surface area contributed by atoms with Crippen molar-refractivity contribution in [3.63, 3.8) is 0 Å². The van der Waals surface area contributed by atoms with Crippen LogP contribution in [0.5, 0.6) is 0 Å². The fourth-order valence-corrected chi connectivity index (χ4v) is 3.03. The number of nitrogens with zero attached hydrogens (tertiary/aromatic N) is 1. The molecule has 0 bridgehead atoms. The minimum atomic E-state index is -0.788. The highest BCUT2D eigenvalue weighted by molar-refractivity contribution is 7.09. The number of aliphatic carboxylic acids is 1. The SMILES string of the molecule is Cc1nc(CC(=O)NCC2(CC(=O)O)CCC2)cs1. The first-order valence-electron chi connectivity index (χ1n) is 6.39. The van der Waals surface area contributed by atoms with E-state index in [2.05, 4.69) is 10.3 Å². The highest BCUT2D eigenvalue weighted by Gasteiger charge is 2.39. The van der Waals surface area contributed by atoms with E-state index in [0.717, 1.165) is 30.0 Å². The van der Waals surface area contributed by atoms with Gasteiger partial charge in [-0.1, -0.05) is 6.42 Å². The summed E-state index contributed by atoms with van der Waals surface area (Å²) in [5.41, 5.74) is 0.556. The van der Waals surface area contributed by atoms with Crippen molar-refractivity contribution in [1.82, 2.24) is 10.3 Å². The van der Waals surface area contributed by atoms with Crippen LogP contribution in [0.15, 0.2) is 5.38 Å². The second kappa shape index (κ2) is 5.69. The minimum absolute atomic E-state index is 0.0815. The van der Waals surface area contributed by atoms with Crippen molar-refractivity contribution in [3.05, 3.63) is 16.1 Å². The van der Waals surface area contributed by atoms with Crippen LogP contribution in [0.2, 0.25) is 0 Å². The predicted molar refractivity (Wildman–Crippen MR) is 72.1 cm³/mol. The molecule has 1 heterocycles. The standard InChI is InChI=1S/C13H18N2O3S/c1-9-15-10(7-19-9)5-11(16)14-8-13(3-2-4-13)6-12(17)18/h7H,2-6,8H2,1H3,(H,14,16)(H,17,18).